The molecule has 0 bridgehead atoms. The Morgan fingerprint density at radius 2 is 1.78 bits per heavy atom. The van der Waals surface area contributed by atoms with Crippen LogP contribution in [0, 0.1) is 18.3 Å². The van der Waals surface area contributed by atoms with E-state index in [-0.39, 0.29) is 18.3 Å². The van der Waals surface area contributed by atoms with E-state index in [1.54, 1.807) is 0 Å². The molecule has 23 heavy (non-hydrogen) atoms. The molecule has 0 aromatic heterocycles. The van der Waals surface area contributed by atoms with Crippen LogP contribution < -0.4 is 5.73 Å². The third-order valence-corrected chi connectivity index (χ3v) is 4.95. The fourth-order valence-electron chi connectivity index (χ4n) is 3.07. The number of carbonyl (C=O) groups excluding carboxylic acids is 1. The Morgan fingerprint density at radius 3 is 2.30 bits per heavy atom. The van der Waals surface area contributed by atoms with E-state index in [0.717, 1.165) is 38.3 Å². The number of halogens is 1. The molecule has 1 amide bonds. The first kappa shape index (κ1) is 20.0. The number of nitrogens with zero attached hydrogens (tertiary/aromatic N) is 1. The highest BCUT2D eigenvalue weighted by Crippen LogP contribution is 2.26. The van der Waals surface area contributed by atoms with Crippen LogP contribution in [-0.2, 0) is 11.2 Å². The minimum atomic E-state index is -0.422. The van der Waals surface area contributed by atoms with Crippen molar-refractivity contribution < 1.29 is 4.79 Å². The second-order valence-corrected chi connectivity index (χ2v) is 7.35. The van der Waals surface area contributed by atoms with Crippen LogP contribution in [0.1, 0.15) is 44.2 Å². The first-order valence-corrected chi connectivity index (χ1v) is 8.47. The van der Waals surface area contributed by atoms with Crippen molar-refractivity contribution in [1.82, 2.24) is 4.90 Å². The zero-order valence-electron chi connectivity index (χ0n) is 14.7. The van der Waals surface area contributed by atoms with Crippen molar-refractivity contribution in [3.8, 4) is 0 Å². The molecule has 2 N–H and O–H groups in total. The molecule has 1 fully saturated rings. The lowest BCUT2D eigenvalue weighted by Crippen LogP contribution is -2.47. The summed E-state index contributed by atoms with van der Waals surface area (Å²) in [5.74, 6) is 0.957. The van der Waals surface area contributed by atoms with Gasteiger partial charge in [-0.15, -0.1) is 12.4 Å². The summed E-state index contributed by atoms with van der Waals surface area (Å²) in [4.78, 5) is 14.4. The SMILES string of the molecule is Cc1ccc(CCC2CCN(C(=O)C(C)(C)CN)CC2)cc1.Cl. The Morgan fingerprint density at radius 1 is 1.22 bits per heavy atom. The molecule has 0 unspecified atom stereocenters. The van der Waals surface area contributed by atoms with Crippen molar-refractivity contribution >= 4 is 18.3 Å². The van der Waals surface area contributed by atoms with Crippen molar-refractivity contribution in [3.05, 3.63) is 35.4 Å². The molecule has 4 heteroatoms. The van der Waals surface area contributed by atoms with Gasteiger partial charge in [-0.3, -0.25) is 4.79 Å². The second-order valence-electron chi connectivity index (χ2n) is 7.35. The predicted molar refractivity (Wildman–Crippen MR) is 98.9 cm³/mol. The lowest BCUT2D eigenvalue weighted by atomic mass is 9.87. The number of nitrogens with two attached hydrogens (primary N) is 1. The van der Waals surface area contributed by atoms with Crippen molar-refractivity contribution in [2.24, 2.45) is 17.1 Å². The Hall–Kier alpha value is -1.06. The van der Waals surface area contributed by atoms with Crippen LogP contribution in [0.2, 0.25) is 0 Å². The zero-order valence-corrected chi connectivity index (χ0v) is 15.5. The van der Waals surface area contributed by atoms with Gasteiger partial charge in [-0.25, -0.2) is 0 Å². The molecular weight excluding hydrogens is 308 g/mol. The highest BCUT2D eigenvalue weighted by molar-refractivity contribution is 5.85. The van der Waals surface area contributed by atoms with E-state index < -0.39 is 5.41 Å². The van der Waals surface area contributed by atoms with Crippen LogP contribution in [0.4, 0.5) is 0 Å². The van der Waals surface area contributed by atoms with E-state index in [2.05, 4.69) is 31.2 Å². The summed E-state index contributed by atoms with van der Waals surface area (Å²) in [5, 5.41) is 0. The van der Waals surface area contributed by atoms with Gasteiger partial charge in [0.25, 0.3) is 0 Å². The van der Waals surface area contributed by atoms with E-state index in [9.17, 15) is 4.79 Å². The van der Waals surface area contributed by atoms with Gasteiger partial charge in [-0.2, -0.15) is 0 Å². The van der Waals surface area contributed by atoms with E-state index >= 15 is 0 Å². The molecule has 1 saturated heterocycles. The maximum Gasteiger partial charge on any atom is 0.229 e. The molecule has 0 aliphatic carbocycles. The quantitative estimate of drug-likeness (QED) is 0.892. The van der Waals surface area contributed by atoms with E-state index in [0.29, 0.717) is 6.54 Å². The average Bonchev–Trinajstić information content (AvgIpc) is 2.54. The fraction of sp³-hybridized carbons (Fsp3) is 0.632. The van der Waals surface area contributed by atoms with Crippen LogP contribution in [0.5, 0.6) is 0 Å². The highest BCUT2D eigenvalue weighted by atomic mass is 35.5. The number of benzene rings is 1. The maximum absolute atomic E-state index is 12.4. The number of piperidine rings is 1. The Balaban J connectivity index is 0.00000264. The normalized spacial score (nSPS) is 16.1. The first-order chi connectivity index (χ1) is 10.4. The Bertz CT molecular complexity index is 491. The highest BCUT2D eigenvalue weighted by Gasteiger charge is 2.32. The van der Waals surface area contributed by atoms with Crippen molar-refractivity contribution in [2.45, 2.75) is 46.5 Å². The third kappa shape index (κ3) is 5.50. The number of hydrogen-bond acceptors (Lipinski definition) is 2. The van der Waals surface area contributed by atoms with Crippen LogP contribution in [0.15, 0.2) is 24.3 Å². The lowest BCUT2D eigenvalue weighted by molar-refractivity contribution is -0.141. The number of likely N-dealkylation sites (tertiary alicyclic amines) is 1. The summed E-state index contributed by atoms with van der Waals surface area (Å²) in [6.45, 7) is 8.21. The lowest BCUT2D eigenvalue weighted by Gasteiger charge is -2.36. The summed E-state index contributed by atoms with van der Waals surface area (Å²) in [5.41, 5.74) is 8.04. The average molecular weight is 339 g/mol. The minimum absolute atomic E-state index is 0. The Kier molecular flexibility index (Phi) is 7.56. The van der Waals surface area contributed by atoms with Gasteiger partial charge in [0.1, 0.15) is 0 Å². The van der Waals surface area contributed by atoms with Gasteiger partial charge in [0, 0.05) is 19.6 Å². The van der Waals surface area contributed by atoms with Crippen LogP contribution >= 0.6 is 12.4 Å². The number of hydrogen-bond donors (Lipinski definition) is 1. The predicted octanol–water partition coefficient (Wildman–Crippen LogP) is 3.57. The largest absolute Gasteiger partial charge is 0.342 e. The first-order valence-electron chi connectivity index (χ1n) is 8.47. The monoisotopic (exact) mass is 338 g/mol. The van der Waals surface area contributed by atoms with E-state index in [4.69, 9.17) is 5.73 Å². The Labute approximate surface area is 147 Å². The molecule has 3 nitrogen and oxygen atoms in total. The minimum Gasteiger partial charge on any atom is -0.342 e. The van der Waals surface area contributed by atoms with Crippen LogP contribution in [-0.4, -0.2) is 30.4 Å². The van der Waals surface area contributed by atoms with Gasteiger partial charge >= 0.3 is 0 Å². The summed E-state index contributed by atoms with van der Waals surface area (Å²) in [6.07, 6.45) is 4.62. The molecule has 0 radical (unpaired) electrons. The van der Waals surface area contributed by atoms with E-state index in [1.807, 2.05) is 18.7 Å². The summed E-state index contributed by atoms with van der Waals surface area (Å²) in [7, 11) is 0. The van der Waals surface area contributed by atoms with Crippen LogP contribution in [0.3, 0.4) is 0 Å². The fourth-order valence-corrected chi connectivity index (χ4v) is 3.07. The molecular formula is C19H31ClN2O. The standard InChI is InChI=1S/C19H30N2O.ClH/c1-15-4-6-16(7-5-15)8-9-17-10-12-21(13-11-17)18(22)19(2,3)14-20;/h4-7,17H,8-14,20H2,1-3H3;1H. The van der Waals surface area contributed by atoms with E-state index in [1.165, 1.54) is 17.5 Å². The van der Waals surface area contributed by atoms with Gasteiger partial charge in [-0.05, 0) is 57.9 Å². The summed E-state index contributed by atoms with van der Waals surface area (Å²) >= 11 is 0. The van der Waals surface area contributed by atoms with Gasteiger partial charge in [0.15, 0.2) is 0 Å². The van der Waals surface area contributed by atoms with Crippen molar-refractivity contribution in [1.29, 1.82) is 0 Å². The van der Waals surface area contributed by atoms with Crippen LogP contribution in [0.25, 0.3) is 0 Å². The topological polar surface area (TPSA) is 46.3 Å². The molecule has 1 aliphatic rings. The van der Waals surface area contributed by atoms with Gasteiger partial charge in [-0.1, -0.05) is 29.8 Å². The van der Waals surface area contributed by atoms with Gasteiger partial charge in [0.2, 0.25) is 5.91 Å². The molecule has 0 atom stereocenters. The molecule has 1 aromatic rings. The smallest absolute Gasteiger partial charge is 0.229 e. The molecule has 0 saturated carbocycles. The third-order valence-electron chi connectivity index (χ3n) is 4.95. The molecule has 0 spiro atoms. The van der Waals surface area contributed by atoms with Crippen molar-refractivity contribution in [2.75, 3.05) is 19.6 Å². The molecule has 1 aromatic carbocycles. The number of amides is 1. The second kappa shape index (κ2) is 8.70. The summed E-state index contributed by atoms with van der Waals surface area (Å²) < 4.78 is 0. The molecule has 2 rings (SSSR count). The summed E-state index contributed by atoms with van der Waals surface area (Å²) in [6, 6.07) is 8.84. The molecule has 1 aliphatic heterocycles. The molecule has 1 heterocycles. The van der Waals surface area contributed by atoms with Gasteiger partial charge in [0.05, 0.1) is 5.41 Å². The number of carbonyl (C=O) groups is 1. The molecule has 130 valence electrons. The maximum atomic E-state index is 12.4. The number of aryl methyl sites for hydroxylation is 2. The number of rotatable bonds is 5. The van der Waals surface area contributed by atoms with Gasteiger partial charge < -0.3 is 10.6 Å². The van der Waals surface area contributed by atoms with Crippen molar-refractivity contribution in [3.63, 3.8) is 0 Å². The zero-order chi connectivity index (χ0) is 16.2.